The van der Waals surface area contributed by atoms with Gasteiger partial charge in [-0.05, 0) is 30.2 Å². The summed E-state index contributed by atoms with van der Waals surface area (Å²) in [5.41, 5.74) is 0.518. The number of nitrogens with one attached hydrogen (secondary N) is 1. The van der Waals surface area contributed by atoms with Gasteiger partial charge in [0, 0.05) is 23.6 Å². The smallest absolute Gasteiger partial charge is 0.303 e. The number of rotatable bonds is 6. The van der Waals surface area contributed by atoms with E-state index in [1.165, 1.54) is 0 Å². The predicted octanol–water partition coefficient (Wildman–Crippen LogP) is 2.57. The summed E-state index contributed by atoms with van der Waals surface area (Å²) >= 11 is 5.73. The second kappa shape index (κ2) is 7.01. The van der Waals surface area contributed by atoms with Crippen LogP contribution in [-0.2, 0) is 4.79 Å². The van der Waals surface area contributed by atoms with Crippen molar-refractivity contribution >= 4 is 23.5 Å². The first-order chi connectivity index (χ1) is 8.52. The number of carbonyl (C=O) groups excluding carboxylic acids is 1. The van der Waals surface area contributed by atoms with E-state index in [4.69, 9.17) is 16.7 Å². The molecular weight excluding hydrogens is 254 g/mol. The molecule has 0 bridgehead atoms. The van der Waals surface area contributed by atoms with Gasteiger partial charge in [-0.25, -0.2) is 0 Å². The van der Waals surface area contributed by atoms with Gasteiger partial charge in [-0.1, -0.05) is 24.9 Å². The maximum atomic E-state index is 11.8. The minimum absolute atomic E-state index is 0.0428. The van der Waals surface area contributed by atoms with E-state index in [2.05, 4.69) is 5.32 Å². The first kappa shape index (κ1) is 14.5. The third-order valence-electron chi connectivity index (χ3n) is 2.70. The molecule has 4 nitrogen and oxygen atoms in total. The Bertz CT molecular complexity index is 417. The van der Waals surface area contributed by atoms with E-state index >= 15 is 0 Å². The van der Waals surface area contributed by atoms with Crippen molar-refractivity contribution in [2.24, 2.45) is 5.92 Å². The van der Waals surface area contributed by atoms with Crippen LogP contribution in [0.25, 0.3) is 0 Å². The van der Waals surface area contributed by atoms with E-state index in [0.29, 0.717) is 23.6 Å². The number of carboxylic acids is 1. The minimum atomic E-state index is -0.845. The lowest BCUT2D eigenvalue weighted by Crippen LogP contribution is -2.30. The normalized spacial score (nSPS) is 11.9. The first-order valence-electron chi connectivity index (χ1n) is 5.78. The maximum Gasteiger partial charge on any atom is 0.303 e. The summed E-state index contributed by atoms with van der Waals surface area (Å²) < 4.78 is 0. The molecule has 1 amide bonds. The van der Waals surface area contributed by atoms with Gasteiger partial charge in [-0.3, -0.25) is 9.59 Å². The highest BCUT2D eigenvalue weighted by Crippen LogP contribution is 2.10. The van der Waals surface area contributed by atoms with Crippen LogP contribution in [0.3, 0.4) is 0 Å². The number of benzene rings is 1. The van der Waals surface area contributed by atoms with Crippen molar-refractivity contribution < 1.29 is 14.7 Å². The zero-order valence-electron chi connectivity index (χ0n) is 10.1. The molecule has 0 spiro atoms. The quantitative estimate of drug-likeness (QED) is 0.834. The highest BCUT2D eigenvalue weighted by molar-refractivity contribution is 6.30. The van der Waals surface area contributed by atoms with E-state index < -0.39 is 5.97 Å². The molecule has 18 heavy (non-hydrogen) atoms. The summed E-state index contributed by atoms with van der Waals surface area (Å²) in [6, 6.07) is 6.56. The summed E-state index contributed by atoms with van der Waals surface area (Å²) in [5.74, 6) is -1.10. The molecule has 0 saturated heterocycles. The third kappa shape index (κ3) is 4.75. The fraction of sp³-hybridized carbons (Fsp3) is 0.385. The van der Waals surface area contributed by atoms with Gasteiger partial charge < -0.3 is 10.4 Å². The largest absolute Gasteiger partial charge is 0.481 e. The topological polar surface area (TPSA) is 66.4 Å². The molecule has 0 aliphatic heterocycles. The van der Waals surface area contributed by atoms with Gasteiger partial charge in [0.15, 0.2) is 0 Å². The van der Waals surface area contributed by atoms with Crippen LogP contribution in [0, 0.1) is 5.92 Å². The monoisotopic (exact) mass is 269 g/mol. The molecule has 5 heteroatoms. The predicted molar refractivity (Wildman–Crippen MR) is 69.8 cm³/mol. The average molecular weight is 270 g/mol. The van der Waals surface area contributed by atoms with E-state index in [-0.39, 0.29) is 18.2 Å². The second-order valence-corrected chi connectivity index (χ2v) is 4.53. The van der Waals surface area contributed by atoms with Gasteiger partial charge in [0.2, 0.25) is 0 Å². The van der Waals surface area contributed by atoms with Crippen molar-refractivity contribution in [3.63, 3.8) is 0 Å². The average Bonchev–Trinajstić information content (AvgIpc) is 2.34. The van der Waals surface area contributed by atoms with Gasteiger partial charge in [0.05, 0.1) is 0 Å². The van der Waals surface area contributed by atoms with E-state index in [9.17, 15) is 9.59 Å². The van der Waals surface area contributed by atoms with Gasteiger partial charge in [-0.2, -0.15) is 0 Å². The van der Waals surface area contributed by atoms with Crippen LogP contribution in [0.1, 0.15) is 30.1 Å². The molecule has 1 atom stereocenters. The zero-order chi connectivity index (χ0) is 13.5. The van der Waals surface area contributed by atoms with Crippen molar-refractivity contribution in [3.05, 3.63) is 34.9 Å². The number of hydrogen-bond donors (Lipinski definition) is 2. The Hall–Kier alpha value is -1.55. The van der Waals surface area contributed by atoms with Crippen molar-refractivity contribution in [1.82, 2.24) is 5.32 Å². The standard InChI is InChI=1S/C13H16ClNO3/c1-2-9(7-12(16)17)8-15-13(18)10-3-5-11(14)6-4-10/h3-6,9H,2,7-8H2,1H3,(H,15,18)(H,16,17). The molecule has 0 fully saturated rings. The van der Waals surface area contributed by atoms with Crippen molar-refractivity contribution in [1.29, 1.82) is 0 Å². The number of halogens is 1. The summed E-state index contributed by atoms with van der Waals surface area (Å²) in [4.78, 5) is 22.4. The van der Waals surface area contributed by atoms with Gasteiger partial charge >= 0.3 is 5.97 Å². The van der Waals surface area contributed by atoms with Crippen LogP contribution in [-0.4, -0.2) is 23.5 Å². The lowest BCUT2D eigenvalue weighted by Gasteiger charge is -2.13. The Balaban J connectivity index is 2.49. The van der Waals surface area contributed by atoms with E-state index in [0.717, 1.165) is 0 Å². The Morgan fingerprint density at radius 3 is 2.44 bits per heavy atom. The van der Waals surface area contributed by atoms with Crippen molar-refractivity contribution in [2.45, 2.75) is 19.8 Å². The molecule has 0 aliphatic rings. The van der Waals surface area contributed by atoms with Crippen LogP contribution in [0.5, 0.6) is 0 Å². The fourth-order valence-corrected chi connectivity index (χ4v) is 1.67. The molecule has 1 aromatic carbocycles. The van der Waals surface area contributed by atoms with Gasteiger partial charge in [0.25, 0.3) is 5.91 Å². The fourth-order valence-electron chi connectivity index (χ4n) is 1.55. The van der Waals surface area contributed by atoms with Crippen LogP contribution >= 0.6 is 11.6 Å². The lowest BCUT2D eigenvalue weighted by atomic mass is 10.0. The number of hydrogen-bond acceptors (Lipinski definition) is 2. The summed E-state index contributed by atoms with van der Waals surface area (Å²) in [6.45, 7) is 2.27. The maximum absolute atomic E-state index is 11.8. The summed E-state index contributed by atoms with van der Waals surface area (Å²) in [5, 5.41) is 12.0. The number of aliphatic carboxylic acids is 1. The van der Waals surface area contributed by atoms with Crippen molar-refractivity contribution in [3.8, 4) is 0 Å². The summed E-state index contributed by atoms with van der Waals surface area (Å²) in [7, 11) is 0. The van der Waals surface area contributed by atoms with Gasteiger partial charge in [-0.15, -0.1) is 0 Å². The molecular formula is C13H16ClNO3. The molecule has 98 valence electrons. The molecule has 0 saturated carbocycles. The Morgan fingerprint density at radius 1 is 1.33 bits per heavy atom. The lowest BCUT2D eigenvalue weighted by molar-refractivity contribution is -0.138. The Kier molecular flexibility index (Phi) is 5.65. The highest BCUT2D eigenvalue weighted by atomic mass is 35.5. The molecule has 0 heterocycles. The molecule has 0 aliphatic carbocycles. The third-order valence-corrected chi connectivity index (χ3v) is 2.95. The SMILES string of the molecule is CCC(CNC(=O)c1ccc(Cl)cc1)CC(=O)O. The number of carboxylic acid groups (broad SMARTS) is 1. The van der Waals surface area contributed by atoms with E-state index in [1.54, 1.807) is 24.3 Å². The molecule has 1 aromatic rings. The van der Waals surface area contributed by atoms with Crippen LogP contribution < -0.4 is 5.32 Å². The van der Waals surface area contributed by atoms with Gasteiger partial charge in [0.1, 0.15) is 0 Å². The van der Waals surface area contributed by atoms with Crippen LogP contribution in [0.2, 0.25) is 5.02 Å². The Labute approximate surface area is 111 Å². The molecule has 1 rings (SSSR count). The number of carbonyl (C=O) groups is 2. The Morgan fingerprint density at radius 2 is 1.94 bits per heavy atom. The van der Waals surface area contributed by atoms with Crippen molar-refractivity contribution in [2.75, 3.05) is 6.54 Å². The first-order valence-corrected chi connectivity index (χ1v) is 6.16. The molecule has 2 N–H and O–H groups in total. The van der Waals surface area contributed by atoms with Crippen LogP contribution in [0.15, 0.2) is 24.3 Å². The molecule has 0 aromatic heterocycles. The molecule has 1 unspecified atom stereocenters. The van der Waals surface area contributed by atoms with Crippen LogP contribution in [0.4, 0.5) is 0 Å². The zero-order valence-corrected chi connectivity index (χ0v) is 10.9. The highest BCUT2D eigenvalue weighted by Gasteiger charge is 2.13. The molecule has 0 radical (unpaired) electrons. The summed E-state index contributed by atoms with van der Waals surface area (Å²) in [6.07, 6.45) is 0.782. The second-order valence-electron chi connectivity index (χ2n) is 4.09. The number of amides is 1. The van der Waals surface area contributed by atoms with E-state index in [1.807, 2.05) is 6.92 Å². The minimum Gasteiger partial charge on any atom is -0.481 e.